The zero-order valence-electron chi connectivity index (χ0n) is 13.6. The van der Waals surface area contributed by atoms with Gasteiger partial charge >= 0.3 is 6.09 Å². The second-order valence-corrected chi connectivity index (χ2v) is 8.05. The van der Waals surface area contributed by atoms with Crippen LogP contribution in [0.1, 0.15) is 39.7 Å². The summed E-state index contributed by atoms with van der Waals surface area (Å²) in [6.45, 7) is 7.60. The van der Waals surface area contributed by atoms with Crippen molar-refractivity contribution >= 4 is 44.6 Å². The number of benzene rings is 1. The van der Waals surface area contributed by atoms with Crippen molar-refractivity contribution in [3.05, 3.63) is 25.7 Å². The average Bonchev–Trinajstić information content (AvgIpc) is 2.39. The van der Waals surface area contributed by atoms with E-state index in [1.165, 1.54) is 0 Å². The minimum Gasteiger partial charge on any atom is -0.496 e. The quantitative estimate of drug-likeness (QED) is 0.605. The first-order chi connectivity index (χ1) is 10.2. The predicted molar refractivity (Wildman–Crippen MR) is 101 cm³/mol. The molecule has 1 atom stereocenters. The molecule has 0 aliphatic carbocycles. The highest BCUT2D eigenvalue weighted by Crippen LogP contribution is 2.29. The van der Waals surface area contributed by atoms with Gasteiger partial charge in [0.15, 0.2) is 0 Å². The highest BCUT2D eigenvalue weighted by atomic mass is 127. The van der Waals surface area contributed by atoms with E-state index in [1.54, 1.807) is 7.11 Å². The number of hydrogen-bond acceptors (Lipinski definition) is 3. The van der Waals surface area contributed by atoms with Crippen LogP contribution in [-0.2, 0) is 11.2 Å². The van der Waals surface area contributed by atoms with E-state index in [0.29, 0.717) is 6.42 Å². The molecule has 0 saturated heterocycles. The molecule has 0 aliphatic heterocycles. The van der Waals surface area contributed by atoms with Crippen LogP contribution in [-0.4, -0.2) is 24.8 Å². The lowest BCUT2D eigenvalue weighted by Gasteiger charge is -2.23. The predicted octanol–water partition coefficient (Wildman–Crippen LogP) is 4.91. The van der Waals surface area contributed by atoms with Crippen molar-refractivity contribution in [3.8, 4) is 5.75 Å². The molecule has 22 heavy (non-hydrogen) atoms. The second-order valence-electron chi connectivity index (χ2n) is 6.03. The highest BCUT2D eigenvalue weighted by molar-refractivity contribution is 14.1. The fourth-order valence-electron chi connectivity index (χ4n) is 1.96. The maximum Gasteiger partial charge on any atom is 0.407 e. The Morgan fingerprint density at radius 2 is 2.05 bits per heavy atom. The molecule has 1 aromatic carbocycles. The van der Waals surface area contributed by atoms with Crippen molar-refractivity contribution in [1.29, 1.82) is 0 Å². The van der Waals surface area contributed by atoms with Gasteiger partial charge in [-0.15, -0.1) is 0 Å². The number of nitrogens with one attached hydrogen (secondary N) is 1. The van der Waals surface area contributed by atoms with Gasteiger partial charge in [0.2, 0.25) is 0 Å². The molecule has 1 rings (SSSR count). The molecule has 1 N–H and O–H groups in total. The van der Waals surface area contributed by atoms with E-state index >= 15 is 0 Å². The molecule has 124 valence electrons. The fourth-order valence-corrected chi connectivity index (χ4v) is 2.81. The lowest BCUT2D eigenvalue weighted by Crippen LogP contribution is -2.40. The van der Waals surface area contributed by atoms with E-state index in [9.17, 15) is 4.79 Å². The summed E-state index contributed by atoms with van der Waals surface area (Å²) in [5.41, 5.74) is 0.575. The van der Waals surface area contributed by atoms with Crippen molar-refractivity contribution in [2.75, 3.05) is 7.11 Å². The molecular formula is C16H23BrINO3. The van der Waals surface area contributed by atoms with Crippen LogP contribution in [0.4, 0.5) is 4.79 Å². The molecular weight excluding hydrogens is 461 g/mol. The molecule has 1 amide bonds. The summed E-state index contributed by atoms with van der Waals surface area (Å²) in [6.07, 6.45) is 1.13. The third kappa shape index (κ3) is 6.32. The van der Waals surface area contributed by atoms with Crippen LogP contribution in [0.3, 0.4) is 0 Å². The Hall–Kier alpha value is -0.500. The van der Waals surface area contributed by atoms with Gasteiger partial charge in [0.25, 0.3) is 0 Å². The van der Waals surface area contributed by atoms with Gasteiger partial charge in [-0.2, -0.15) is 0 Å². The number of amides is 1. The van der Waals surface area contributed by atoms with Gasteiger partial charge in [-0.05, 0) is 89.8 Å². The van der Waals surface area contributed by atoms with Crippen LogP contribution < -0.4 is 10.1 Å². The Kier molecular flexibility index (Phi) is 7.45. The maximum absolute atomic E-state index is 11.9. The minimum atomic E-state index is -0.493. The summed E-state index contributed by atoms with van der Waals surface area (Å²) < 4.78 is 12.9. The molecule has 0 saturated carbocycles. The van der Waals surface area contributed by atoms with Crippen LogP contribution in [0, 0.1) is 3.57 Å². The number of rotatable bonds is 5. The normalized spacial score (nSPS) is 12.7. The lowest BCUT2D eigenvalue weighted by atomic mass is 10.0. The Balaban J connectivity index is 2.82. The Morgan fingerprint density at radius 3 is 2.55 bits per heavy atom. The van der Waals surface area contributed by atoms with Gasteiger partial charge in [-0.3, -0.25) is 0 Å². The number of hydrogen-bond donors (Lipinski definition) is 1. The lowest BCUT2D eigenvalue weighted by molar-refractivity contribution is 0.0502. The first kappa shape index (κ1) is 19.5. The molecule has 0 spiro atoms. The Labute approximate surface area is 154 Å². The molecule has 0 heterocycles. The summed E-state index contributed by atoms with van der Waals surface area (Å²) >= 11 is 5.77. The zero-order valence-corrected chi connectivity index (χ0v) is 17.4. The van der Waals surface area contributed by atoms with Crippen molar-refractivity contribution in [2.24, 2.45) is 0 Å². The second kappa shape index (κ2) is 8.38. The number of methoxy groups -OCH3 is 1. The van der Waals surface area contributed by atoms with Crippen LogP contribution in [0.2, 0.25) is 0 Å². The van der Waals surface area contributed by atoms with Gasteiger partial charge in [-0.1, -0.05) is 6.92 Å². The number of carbonyl (C=O) groups excluding carboxylic acids is 1. The molecule has 0 fully saturated rings. The number of carbonyl (C=O) groups is 1. The van der Waals surface area contributed by atoms with E-state index in [1.807, 2.05) is 33.8 Å². The van der Waals surface area contributed by atoms with Crippen molar-refractivity contribution in [2.45, 2.75) is 52.2 Å². The van der Waals surface area contributed by atoms with Gasteiger partial charge in [-0.25, -0.2) is 4.79 Å². The van der Waals surface area contributed by atoms with E-state index in [-0.39, 0.29) is 12.1 Å². The average molecular weight is 484 g/mol. The Morgan fingerprint density at radius 1 is 1.41 bits per heavy atom. The summed E-state index contributed by atoms with van der Waals surface area (Å²) in [6, 6.07) is 4.03. The van der Waals surface area contributed by atoms with E-state index in [2.05, 4.69) is 49.9 Å². The van der Waals surface area contributed by atoms with Crippen molar-refractivity contribution < 1.29 is 14.3 Å². The van der Waals surface area contributed by atoms with Gasteiger partial charge in [0.05, 0.1) is 7.11 Å². The van der Waals surface area contributed by atoms with Crippen LogP contribution >= 0.6 is 38.5 Å². The Bertz CT molecular complexity index is 529. The summed E-state index contributed by atoms with van der Waals surface area (Å²) in [5, 5.41) is 2.93. The van der Waals surface area contributed by atoms with Crippen LogP contribution in [0.25, 0.3) is 0 Å². The standard InChI is InChI=1S/C16H23BrINO3/c1-6-11(19-15(20)22-16(2,3)4)7-10-8-13(18)12(17)9-14(10)21-5/h8-9,11H,6-7H2,1-5H3,(H,19,20). The van der Waals surface area contributed by atoms with E-state index in [4.69, 9.17) is 9.47 Å². The summed E-state index contributed by atoms with van der Waals surface area (Å²) in [5.74, 6) is 0.816. The third-order valence-electron chi connectivity index (χ3n) is 3.00. The topological polar surface area (TPSA) is 47.6 Å². The largest absolute Gasteiger partial charge is 0.496 e. The van der Waals surface area contributed by atoms with Gasteiger partial charge in [0.1, 0.15) is 11.4 Å². The first-order valence-electron chi connectivity index (χ1n) is 7.17. The smallest absolute Gasteiger partial charge is 0.407 e. The van der Waals surface area contributed by atoms with Crippen molar-refractivity contribution in [1.82, 2.24) is 5.32 Å². The molecule has 6 heteroatoms. The molecule has 4 nitrogen and oxygen atoms in total. The molecule has 0 bridgehead atoms. The number of ether oxygens (including phenoxy) is 2. The molecule has 0 aliphatic rings. The third-order valence-corrected chi connectivity index (χ3v) is 5.29. The first-order valence-corrected chi connectivity index (χ1v) is 9.04. The monoisotopic (exact) mass is 483 g/mol. The molecule has 0 radical (unpaired) electrons. The van der Waals surface area contributed by atoms with Gasteiger partial charge < -0.3 is 14.8 Å². The SMILES string of the molecule is CCC(Cc1cc(I)c(Br)cc1OC)NC(=O)OC(C)(C)C. The van der Waals surface area contributed by atoms with Crippen LogP contribution in [0.15, 0.2) is 16.6 Å². The maximum atomic E-state index is 11.9. The fraction of sp³-hybridized carbons (Fsp3) is 0.562. The number of halogens is 2. The molecule has 0 aromatic heterocycles. The van der Waals surface area contributed by atoms with Gasteiger partial charge in [0, 0.05) is 14.1 Å². The molecule has 1 unspecified atom stereocenters. The van der Waals surface area contributed by atoms with E-state index in [0.717, 1.165) is 25.8 Å². The molecule has 1 aromatic rings. The zero-order chi connectivity index (χ0) is 16.9. The van der Waals surface area contributed by atoms with E-state index < -0.39 is 5.60 Å². The summed E-state index contributed by atoms with van der Waals surface area (Å²) in [4.78, 5) is 11.9. The highest BCUT2D eigenvalue weighted by Gasteiger charge is 2.20. The summed E-state index contributed by atoms with van der Waals surface area (Å²) in [7, 11) is 1.65. The van der Waals surface area contributed by atoms with Crippen LogP contribution in [0.5, 0.6) is 5.75 Å². The number of alkyl carbamates (subject to hydrolysis) is 1. The minimum absolute atomic E-state index is 0.000672. The van der Waals surface area contributed by atoms with Crippen molar-refractivity contribution in [3.63, 3.8) is 0 Å².